The van der Waals surface area contributed by atoms with Gasteiger partial charge in [-0.1, -0.05) is 36.4 Å². The quantitative estimate of drug-likeness (QED) is 0.740. The summed E-state index contributed by atoms with van der Waals surface area (Å²) in [4.78, 5) is 8.14. The van der Waals surface area contributed by atoms with Crippen molar-refractivity contribution >= 4 is 22.2 Å². The molecule has 2 rings (SSSR count). The van der Waals surface area contributed by atoms with E-state index >= 15 is 0 Å². The fourth-order valence-corrected chi connectivity index (χ4v) is 3.18. The molecule has 0 spiro atoms. The van der Waals surface area contributed by atoms with Crippen LogP contribution in [0.5, 0.6) is 0 Å². The summed E-state index contributed by atoms with van der Waals surface area (Å²) in [6.45, 7) is 17.7. The molecule has 0 aliphatic rings. The third-order valence-electron chi connectivity index (χ3n) is 2.99. The minimum atomic E-state index is -1.29. The number of rotatable bonds is 2. The van der Waals surface area contributed by atoms with Crippen molar-refractivity contribution in [3.8, 4) is 0 Å². The van der Waals surface area contributed by atoms with E-state index in [1.54, 1.807) is 36.4 Å². The van der Waals surface area contributed by atoms with Gasteiger partial charge in [0.15, 0.2) is 11.4 Å². The average Bonchev–Trinajstić information content (AvgIpc) is 2.46. The molecule has 0 radical (unpaired) electrons. The lowest BCUT2D eigenvalue weighted by atomic mass is 10.2. The highest BCUT2D eigenvalue weighted by atomic mass is 32.2. The van der Waals surface area contributed by atoms with Crippen LogP contribution in [0.25, 0.3) is 9.69 Å². The smallest absolute Gasteiger partial charge is 0.190 e. The fraction of sp³-hybridized carbons (Fsp3) is 0.125. The van der Waals surface area contributed by atoms with E-state index < -0.39 is 10.8 Å². The monoisotopic (exact) mass is 280 g/mol. The van der Waals surface area contributed by atoms with E-state index in [4.69, 9.17) is 13.1 Å². The van der Waals surface area contributed by atoms with Crippen molar-refractivity contribution in [1.29, 1.82) is 0 Å². The molecule has 3 nitrogen and oxygen atoms in total. The number of hydrogen-bond acceptors (Lipinski definition) is 1. The van der Waals surface area contributed by atoms with Crippen molar-refractivity contribution in [3.05, 3.63) is 70.4 Å². The summed E-state index contributed by atoms with van der Waals surface area (Å²) in [5.74, 6) is 0. The van der Waals surface area contributed by atoms with Gasteiger partial charge in [-0.05, 0) is 25.0 Å². The predicted molar refractivity (Wildman–Crippen MR) is 79.6 cm³/mol. The maximum absolute atomic E-state index is 12.6. The molecule has 0 aromatic heterocycles. The Morgan fingerprint density at radius 3 is 2.25 bits per heavy atom. The van der Waals surface area contributed by atoms with Gasteiger partial charge in [-0.3, -0.25) is 0 Å². The molecular formula is C16H12N2OS. The van der Waals surface area contributed by atoms with E-state index in [0.717, 1.165) is 11.1 Å². The minimum Gasteiger partial charge on any atom is -0.249 e. The van der Waals surface area contributed by atoms with Crippen LogP contribution in [0.3, 0.4) is 0 Å². The Bertz CT molecular complexity index is 782. The molecular weight excluding hydrogens is 268 g/mol. The third kappa shape index (κ3) is 2.61. The fourth-order valence-electron chi connectivity index (χ4n) is 1.91. The van der Waals surface area contributed by atoms with E-state index in [9.17, 15) is 4.21 Å². The molecule has 2 aromatic carbocycles. The highest BCUT2D eigenvalue weighted by Crippen LogP contribution is 2.27. The molecule has 0 saturated carbocycles. The van der Waals surface area contributed by atoms with Crippen molar-refractivity contribution in [3.63, 3.8) is 0 Å². The molecule has 0 aliphatic heterocycles. The van der Waals surface area contributed by atoms with Gasteiger partial charge in [0, 0.05) is 9.79 Å². The largest absolute Gasteiger partial charge is 0.249 e. The zero-order valence-electron chi connectivity index (χ0n) is 11.2. The zero-order valence-corrected chi connectivity index (χ0v) is 12.0. The normalized spacial score (nSPS) is 11.4. The number of benzene rings is 2. The van der Waals surface area contributed by atoms with E-state index in [1.165, 1.54) is 0 Å². The summed E-state index contributed by atoms with van der Waals surface area (Å²) in [5.41, 5.74) is 2.78. The van der Waals surface area contributed by atoms with E-state index in [1.807, 2.05) is 13.8 Å². The van der Waals surface area contributed by atoms with Crippen LogP contribution < -0.4 is 0 Å². The first-order chi connectivity index (χ1) is 9.56. The molecule has 0 amide bonds. The summed E-state index contributed by atoms with van der Waals surface area (Å²) in [6, 6.07) is 10.3. The lowest BCUT2D eigenvalue weighted by Gasteiger charge is -2.08. The molecule has 0 fully saturated rings. The molecule has 1 unspecified atom stereocenters. The lowest BCUT2D eigenvalue weighted by molar-refractivity contribution is 0.682. The van der Waals surface area contributed by atoms with Crippen LogP contribution in [0.2, 0.25) is 0 Å². The molecule has 0 heterocycles. The molecule has 0 N–H and O–H groups in total. The van der Waals surface area contributed by atoms with Gasteiger partial charge in [-0.25, -0.2) is 13.9 Å². The Balaban J connectivity index is 2.45. The van der Waals surface area contributed by atoms with Crippen molar-refractivity contribution in [2.45, 2.75) is 23.6 Å². The van der Waals surface area contributed by atoms with Crippen molar-refractivity contribution < 1.29 is 4.21 Å². The van der Waals surface area contributed by atoms with Gasteiger partial charge in [-0.2, -0.15) is 0 Å². The molecule has 2 aromatic rings. The van der Waals surface area contributed by atoms with Crippen LogP contribution in [0, 0.1) is 27.0 Å². The molecule has 4 heteroatoms. The van der Waals surface area contributed by atoms with Crippen LogP contribution >= 0.6 is 0 Å². The predicted octanol–water partition coefficient (Wildman–Crippen LogP) is 4.57. The van der Waals surface area contributed by atoms with Gasteiger partial charge in [0.05, 0.1) is 23.9 Å². The number of hydrogen-bond donors (Lipinski definition) is 0. The minimum absolute atomic E-state index is 0.544. The van der Waals surface area contributed by atoms with Gasteiger partial charge in [0.25, 0.3) is 0 Å². The van der Waals surface area contributed by atoms with Gasteiger partial charge < -0.3 is 0 Å². The number of aryl methyl sites for hydroxylation is 2. The highest BCUT2D eigenvalue weighted by molar-refractivity contribution is 7.85. The first-order valence-electron chi connectivity index (χ1n) is 5.95. The van der Waals surface area contributed by atoms with Crippen LogP contribution in [-0.4, -0.2) is 4.21 Å². The zero-order chi connectivity index (χ0) is 14.7. The highest BCUT2D eigenvalue weighted by Gasteiger charge is 2.11. The second kappa shape index (κ2) is 5.69. The molecule has 98 valence electrons. The first kappa shape index (κ1) is 14.0. The van der Waals surface area contributed by atoms with E-state index in [0.29, 0.717) is 21.2 Å². The second-order valence-electron chi connectivity index (χ2n) is 4.39. The van der Waals surface area contributed by atoms with Gasteiger partial charge in [0.1, 0.15) is 0 Å². The maximum atomic E-state index is 12.6. The van der Waals surface area contributed by atoms with Crippen LogP contribution in [0.1, 0.15) is 11.1 Å². The van der Waals surface area contributed by atoms with E-state index in [-0.39, 0.29) is 0 Å². The van der Waals surface area contributed by atoms with Gasteiger partial charge >= 0.3 is 0 Å². The van der Waals surface area contributed by atoms with Crippen LogP contribution in [0.4, 0.5) is 11.4 Å². The Morgan fingerprint density at radius 1 is 0.950 bits per heavy atom. The Labute approximate surface area is 121 Å². The van der Waals surface area contributed by atoms with Crippen molar-refractivity contribution in [2.24, 2.45) is 0 Å². The topological polar surface area (TPSA) is 25.8 Å². The Morgan fingerprint density at radius 2 is 1.70 bits per heavy atom. The van der Waals surface area contributed by atoms with Crippen molar-refractivity contribution in [1.82, 2.24) is 0 Å². The van der Waals surface area contributed by atoms with Crippen LogP contribution in [-0.2, 0) is 10.8 Å². The van der Waals surface area contributed by atoms with Gasteiger partial charge in [0.2, 0.25) is 0 Å². The standard InChI is InChI=1S/C16H12N2OS/c1-11-10-14(6-7-15(11)18-4)20(19)16-8-5-13(17-3)9-12(16)2/h5-10H,1-2H3. The van der Waals surface area contributed by atoms with Gasteiger partial charge in [-0.15, -0.1) is 0 Å². The SMILES string of the molecule is [C-]#[N+]c1ccc(S(=O)c2ccc([N+]#[C-])c(C)c2)c(C)c1. The number of nitrogens with zero attached hydrogens (tertiary/aromatic N) is 2. The first-order valence-corrected chi connectivity index (χ1v) is 7.10. The molecule has 0 saturated heterocycles. The lowest BCUT2D eigenvalue weighted by Crippen LogP contribution is -1.96. The van der Waals surface area contributed by atoms with E-state index in [2.05, 4.69) is 9.69 Å². The summed E-state index contributed by atoms with van der Waals surface area (Å²) >= 11 is 0. The maximum Gasteiger partial charge on any atom is 0.190 e. The average molecular weight is 280 g/mol. The third-order valence-corrected chi connectivity index (χ3v) is 4.53. The summed E-state index contributed by atoms with van der Waals surface area (Å²) in [7, 11) is -1.29. The molecule has 0 aliphatic carbocycles. The Hall–Kier alpha value is -2.43. The summed E-state index contributed by atoms with van der Waals surface area (Å²) < 4.78 is 12.6. The molecule has 1 atom stereocenters. The Kier molecular flexibility index (Phi) is 3.98. The summed E-state index contributed by atoms with van der Waals surface area (Å²) in [6.07, 6.45) is 0. The molecule has 20 heavy (non-hydrogen) atoms. The second-order valence-corrected chi connectivity index (χ2v) is 5.84. The molecule has 0 bridgehead atoms. The summed E-state index contributed by atoms with van der Waals surface area (Å²) in [5, 5.41) is 0. The van der Waals surface area contributed by atoms with Crippen LogP contribution in [0.15, 0.2) is 46.2 Å². The van der Waals surface area contributed by atoms with Crippen molar-refractivity contribution in [2.75, 3.05) is 0 Å².